The van der Waals surface area contributed by atoms with Crippen molar-refractivity contribution >= 4 is 11.6 Å². The molecule has 1 aliphatic heterocycles. The van der Waals surface area contributed by atoms with E-state index < -0.39 is 0 Å². The number of likely N-dealkylation sites (tertiary alicyclic amines) is 1. The average Bonchev–Trinajstić information content (AvgIpc) is 2.57. The SMILES string of the molecule is CCn1nc(C)c(Cl)c1CN1CCC[C@@H](N)C1. The molecule has 96 valence electrons. The lowest BCUT2D eigenvalue weighted by Gasteiger charge is -2.30. The van der Waals surface area contributed by atoms with Gasteiger partial charge in [-0.1, -0.05) is 11.6 Å². The Hall–Kier alpha value is -0.580. The minimum Gasteiger partial charge on any atom is -0.327 e. The van der Waals surface area contributed by atoms with Crippen molar-refractivity contribution in [1.29, 1.82) is 0 Å². The van der Waals surface area contributed by atoms with Gasteiger partial charge in [-0.25, -0.2) is 0 Å². The van der Waals surface area contributed by atoms with Gasteiger partial charge in [0.25, 0.3) is 0 Å². The van der Waals surface area contributed by atoms with E-state index in [1.165, 1.54) is 6.42 Å². The quantitative estimate of drug-likeness (QED) is 0.897. The second-order valence-corrected chi connectivity index (χ2v) is 5.18. The third-order valence-electron chi connectivity index (χ3n) is 3.37. The molecule has 4 nitrogen and oxygen atoms in total. The van der Waals surface area contributed by atoms with Crippen molar-refractivity contribution in [2.75, 3.05) is 13.1 Å². The van der Waals surface area contributed by atoms with E-state index in [-0.39, 0.29) is 0 Å². The number of piperidine rings is 1. The van der Waals surface area contributed by atoms with E-state index in [4.69, 9.17) is 17.3 Å². The van der Waals surface area contributed by atoms with Gasteiger partial charge in [0.1, 0.15) is 0 Å². The summed E-state index contributed by atoms with van der Waals surface area (Å²) in [5, 5.41) is 5.25. The predicted octanol–water partition coefficient (Wildman–Crippen LogP) is 1.79. The van der Waals surface area contributed by atoms with Crippen LogP contribution in [0.2, 0.25) is 5.02 Å². The van der Waals surface area contributed by atoms with E-state index in [2.05, 4.69) is 16.9 Å². The molecule has 0 aromatic carbocycles. The van der Waals surface area contributed by atoms with Crippen molar-refractivity contribution in [1.82, 2.24) is 14.7 Å². The zero-order chi connectivity index (χ0) is 12.4. The van der Waals surface area contributed by atoms with Gasteiger partial charge in [-0.3, -0.25) is 9.58 Å². The molecule has 1 aromatic rings. The van der Waals surface area contributed by atoms with Crippen LogP contribution in [-0.2, 0) is 13.1 Å². The summed E-state index contributed by atoms with van der Waals surface area (Å²) in [7, 11) is 0. The third-order valence-corrected chi connectivity index (χ3v) is 3.86. The molecule has 17 heavy (non-hydrogen) atoms. The smallest absolute Gasteiger partial charge is 0.0860 e. The maximum absolute atomic E-state index is 6.31. The van der Waals surface area contributed by atoms with Gasteiger partial charge in [-0.05, 0) is 33.2 Å². The molecule has 1 fully saturated rings. The number of halogens is 1. The molecule has 1 atom stereocenters. The Kier molecular flexibility index (Phi) is 4.07. The van der Waals surface area contributed by atoms with Gasteiger partial charge in [0.15, 0.2) is 0 Å². The second kappa shape index (κ2) is 5.38. The molecule has 1 aromatic heterocycles. The molecule has 2 heterocycles. The van der Waals surface area contributed by atoms with Crippen molar-refractivity contribution in [3.05, 3.63) is 16.4 Å². The van der Waals surface area contributed by atoms with Crippen LogP contribution in [0.15, 0.2) is 0 Å². The lowest BCUT2D eigenvalue weighted by atomic mass is 10.1. The molecule has 1 aliphatic rings. The van der Waals surface area contributed by atoms with E-state index in [1.54, 1.807) is 0 Å². The lowest BCUT2D eigenvalue weighted by Crippen LogP contribution is -2.42. The molecular formula is C12H21ClN4. The van der Waals surface area contributed by atoms with E-state index in [1.807, 2.05) is 11.6 Å². The minimum atomic E-state index is 0.307. The highest BCUT2D eigenvalue weighted by Gasteiger charge is 2.20. The highest BCUT2D eigenvalue weighted by Crippen LogP contribution is 2.23. The van der Waals surface area contributed by atoms with Gasteiger partial charge in [0.2, 0.25) is 0 Å². The van der Waals surface area contributed by atoms with Crippen LogP contribution in [0.1, 0.15) is 31.2 Å². The van der Waals surface area contributed by atoms with Crippen molar-refractivity contribution in [2.45, 2.75) is 45.8 Å². The van der Waals surface area contributed by atoms with E-state index >= 15 is 0 Å². The first-order valence-corrected chi connectivity index (χ1v) is 6.69. The van der Waals surface area contributed by atoms with Crippen molar-refractivity contribution < 1.29 is 0 Å². The van der Waals surface area contributed by atoms with Crippen LogP contribution in [-0.4, -0.2) is 33.8 Å². The summed E-state index contributed by atoms with van der Waals surface area (Å²) < 4.78 is 2.00. The van der Waals surface area contributed by atoms with E-state index in [9.17, 15) is 0 Å². The number of nitrogens with zero attached hydrogens (tertiary/aromatic N) is 3. The molecule has 2 rings (SSSR count). The van der Waals surface area contributed by atoms with Crippen LogP contribution >= 0.6 is 11.6 Å². The zero-order valence-corrected chi connectivity index (χ0v) is 11.4. The van der Waals surface area contributed by atoms with Crippen molar-refractivity contribution in [3.63, 3.8) is 0 Å². The average molecular weight is 257 g/mol. The highest BCUT2D eigenvalue weighted by molar-refractivity contribution is 6.31. The monoisotopic (exact) mass is 256 g/mol. The van der Waals surface area contributed by atoms with Gasteiger partial charge in [-0.2, -0.15) is 5.10 Å². The van der Waals surface area contributed by atoms with Crippen LogP contribution in [0.25, 0.3) is 0 Å². The first kappa shape index (κ1) is 12.9. The number of nitrogens with two attached hydrogens (primary N) is 1. The number of aromatic nitrogens is 2. The summed E-state index contributed by atoms with van der Waals surface area (Å²) in [5.74, 6) is 0. The molecule has 0 spiro atoms. The molecule has 0 bridgehead atoms. The fourth-order valence-corrected chi connectivity index (χ4v) is 2.66. The Labute approximate surface area is 108 Å². The molecule has 5 heteroatoms. The standard InChI is InChI=1S/C12H21ClN4/c1-3-17-11(12(13)9(2)15-17)8-16-6-4-5-10(14)7-16/h10H,3-8,14H2,1-2H3/t10-/m1/s1. The maximum Gasteiger partial charge on any atom is 0.0860 e. The Morgan fingerprint density at radius 3 is 2.94 bits per heavy atom. The van der Waals surface area contributed by atoms with Crippen molar-refractivity contribution in [2.24, 2.45) is 5.73 Å². The molecule has 1 saturated heterocycles. The Bertz CT molecular complexity index is 388. The first-order chi connectivity index (χ1) is 8.11. The van der Waals surface area contributed by atoms with Gasteiger partial charge >= 0.3 is 0 Å². The largest absolute Gasteiger partial charge is 0.327 e. The Balaban J connectivity index is 2.12. The topological polar surface area (TPSA) is 47.1 Å². The Morgan fingerprint density at radius 2 is 2.29 bits per heavy atom. The fourth-order valence-electron chi connectivity index (χ4n) is 2.47. The maximum atomic E-state index is 6.31. The number of rotatable bonds is 3. The summed E-state index contributed by atoms with van der Waals surface area (Å²) in [5.41, 5.74) is 8.04. The lowest BCUT2D eigenvalue weighted by molar-refractivity contribution is 0.196. The summed E-state index contributed by atoms with van der Waals surface area (Å²) >= 11 is 6.31. The van der Waals surface area contributed by atoms with Crippen LogP contribution in [0.5, 0.6) is 0 Å². The van der Waals surface area contributed by atoms with E-state index in [0.29, 0.717) is 6.04 Å². The van der Waals surface area contributed by atoms with Gasteiger partial charge in [0, 0.05) is 25.7 Å². The molecule has 2 N–H and O–H groups in total. The minimum absolute atomic E-state index is 0.307. The highest BCUT2D eigenvalue weighted by atomic mass is 35.5. The summed E-state index contributed by atoms with van der Waals surface area (Å²) in [4.78, 5) is 2.38. The third kappa shape index (κ3) is 2.81. The van der Waals surface area contributed by atoms with Gasteiger partial charge in [0.05, 0.1) is 16.4 Å². The molecule has 0 unspecified atom stereocenters. The number of hydrogen-bond donors (Lipinski definition) is 1. The van der Waals surface area contributed by atoms with Crippen molar-refractivity contribution in [3.8, 4) is 0 Å². The molecule has 0 amide bonds. The van der Waals surface area contributed by atoms with Crippen LogP contribution in [0.3, 0.4) is 0 Å². The van der Waals surface area contributed by atoms with Crippen LogP contribution in [0, 0.1) is 6.92 Å². The van der Waals surface area contributed by atoms with E-state index in [0.717, 1.165) is 49.0 Å². The summed E-state index contributed by atoms with van der Waals surface area (Å²) in [6.07, 6.45) is 2.31. The first-order valence-electron chi connectivity index (χ1n) is 6.31. The molecule has 0 saturated carbocycles. The second-order valence-electron chi connectivity index (χ2n) is 4.80. The zero-order valence-electron chi connectivity index (χ0n) is 10.6. The number of aryl methyl sites for hydroxylation is 2. The summed E-state index contributed by atoms with van der Waals surface area (Å²) in [6.45, 7) is 7.85. The van der Waals surface area contributed by atoms with Crippen LogP contribution < -0.4 is 5.73 Å². The molecule has 0 radical (unpaired) electrons. The predicted molar refractivity (Wildman–Crippen MR) is 70.1 cm³/mol. The fraction of sp³-hybridized carbons (Fsp3) is 0.750. The number of hydrogen-bond acceptors (Lipinski definition) is 3. The summed E-state index contributed by atoms with van der Waals surface area (Å²) in [6, 6.07) is 0.307. The van der Waals surface area contributed by atoms with Crippen LogP contribution in [0.4, 0.5) is 0 Å². The van der Waals surface area contributed by atoms with Gasteiger partial charge in [-0.15, -0.1) is 0 Å². The normalized spacial score (nSPS) is 22.0. The molecule has 0 aliphatic carbocycles. The molecular weight excluding hydrogens is 236 g/mol. The Morgan fingerprint density at radius 1 is 1.53 bits per heavy atom. The van der Waals surface area contributed by atoms with Gasteiger partial charge < -0.3 is 5.73 Å².